The summed E-state index contributed by atoms with van der Waals surface area (Å²) in [5, 5.41) is 1.24. The Hall–Kier alpha value is -2.85. The van der Waals surface area contributed by atoms with Crippen molar-refractivity contribution in [1.82, 2.24) is 4.98 Å². The molecule has 2 aromatic carbocycles. The maximum absolute atomic E-state index is 12.4. The molecule has 0 atom stereocenters. The van der Waals surface area contributed by atoms with Crippen molar-refractivity contribution in [2.45, 2.75) is 0 Å². The van der Waals surface area contributed by atoms with Gasteiger partial charge in [-0.15, -0.1) is 0 Å². The van der Waals surface area contributed by atoms with Gasteiger partial charge in [0, 0.05) is 17.0 Å². The molecule has 0 aliphatic heterocycles. The van der Waals surface area contributed by atoms with Crippen LogP contribution in [-0.2, 0) is 0 Å². The summed E-state index contributed by atoms with van der Waals surface area (Å²) in [5.41, 5.74) is 1.90. The van der Waals surface area contributed by atoms with Crippen LogP contribution in [0.3, 0.4) is 0 Å². The van der Waals surface area contributed by atoms with Crippen molar-refractivity contribution in [2.75, 3.05) is 14.2 Å². The number of nitrogens with zero attached hydrogens (tertiary/aromatic N) is 1. The number of hydrogen-bond donors (Lipinski definition) is 0. The van der Waals surface area contributed by atoms with Crippen molar-refractivity contribution in [2.24, 2.45) is 0 Å². The second-order valence-electron chi connectivity index (χ2n) is 5.32. The molecule has 0 bridgehead atoms. The van der Waals surface area contributed by atoms with Gasteiger partial charge in [0.2, 0.25) is 0 Å². The van der Waals surface area contributed by atoms with E-state index >= 15 is 0 Å². The van der Waals surface area contributed by atoms with Crippen LogP contribution in [0.5, 0.6) is 11.5 Å². The molecule has 3 aromatic rings. The number of pyridine rings is 1. The summed E-state index contributed by atoms with van der Waals surface area (Å²) in [5.74, 6) is 1.08. The molecule has 0 saturated carbocycles. The molecule has 0 spiro atoms. The summed E-state index contributed by atoms with van der Waals surface area (Å²) in [6.07, 6.45) is 3.13. The third-order valence-corrected chi connectivity index (χ3v) is 4.09. The lowest BCUT2D eigenvalue weighted by Gasteiger charge is -2.06. The van der Waals surface area contributed by atoms with E-state index in [-0.39, 0.29) is 5.78 Å². The maximum atomic E-state index is 12.4. The smallest absolute Gasteiger partial charge is 0.189 e. The molecule has 0 aliphatic rings. The first kappa shape index (κ1) is 17.0. The standard InChI is InChI=1S/C20H16ClNO3/c1-24-15-9-7-13-11-14(20(21)22-17(13)12-15)8-10-18(23)16-5-3-4-6-19(16)25-2/h3-12H,1-2H3/b10-8+. The van der Waals surface area contributed by atoms with Crippen LogP contribution in [0.15, 0.2) is 54.6 Å². The van der Waals surface area contributed by atoms with Gasteiger partial charge in [0.1, 0.15) is 16.7 Å². The predicted molar refractivity (Wildman–Crippen MR) is 99.7 cm³/mol. The van der Waals surface area contributed by atoms with Crippen LogP contribution in [0.4, 0.5) is 0 Å². The number of ketones is 1. The highest BCUT2D eigenvalue weighted by atomic mass is 35.5. The Balaban J connectivity index is 1.93. The number of benzene rings is 2. The minimum atomic E-state index is -0.164. The van der Waals surface area contributed by atoms with E-state index < -0.39 is 0 Å². The van der Waals surface area contributed by atoms with Gasteiger partial charge in [-0.25, -0.2) is 4.98 Å². The van der Waals surface area contributed by atoms with Gasteiger partial charge in [-0.3, -0.25) is 4.79 Å². The molecule has 126 valence electrons. The quantitative estimate of drug-likeness (QED) is 0.375. The number of ether oxygens (including phenoxy) is 2. The molecule has 0 radical (unpaired) electrons. The summed E-state index contributed by atoms with van der Waals surface area (Å²) < 4.78 is 10.4. The van der Waals surface area contributed by atoms with Crippen LogP contribution in [0.25, 0.3) is 17.0 Å². The fourth-order valence-electron chi connectivity index (χ4n) is 2.49. The predicted octanol–water partition coefficient (Wildman–Crippen LogP) is 4.80. The van der Waals surface area contributed by atoms with Crippen LogP contribution in [0.2, 0.25) is 5.15 Å². The SMILES string of the molecule is COc1ccc2cc(/C=C/C(=O)c3ccccc3OC)c(Cl)nc2c1. The Bertz CT molecular complexity index is 966. The average Bonchev–Trinajstić information content (AvgIpc) is 2.65. The Morgan fingerprint density at radius 2 is 1.88 bits per heavy atom. The number of rotatable bonds is 5. The molecule has 0 saturated heterocycles. The Morgan fingerprint density at radius 3 is 2.64 bits per heavy atom. The monoisotopic (exact) mass is 353 g/mol. The van der Waals surface area contributed by atoms with E-state index in [1.54, 1.807) is 31.4 Å². The fraction of sp³-hybridized carbons (Fsp3) is 0.100. The van der Waals surface area contributed by atoms with Crippen LogP contribution in [0.1, 0.15) is 15.9 Å². The summed E-state index contributed by atoms with van der Waals surface area (Å²) in [6, 6.07) is 14.5. The van der Waals surface area contributed by atoms with E-state index in [4.69, 9.17) is 21.1 Å². The van der Waals surface area contributed by atoms with Crippen molar-refractivity contribution in [1.29, 1.82) is 0 Å². The third kappa shape index (κ3) is 3.64. The summed E-state index contributed by atoms with van der Waals surface area (Å²) in [6.45, 7) is 0. The van der Waals surface area contributed by atoms with E-state index in [9.17, 15) is 4.79 Å². The molecule has 1 heterocycles. The van der Waals surface area contributed by atoms with Gasteiger partial charge < -0.3 is 9.47 Å². The number of allylic oxidation sites excluding steroid dienone is 1. The number of halogens is 1. The van der Waals surface area contributed by atoms with E-state index in [2.05, 4.69) is 4.98 Å². The zero-order chi connectivity index (χ0) is 17.8. The average molecular weight is 354 g/mol. The van der Waals surface area contributed by atoms with Crippen LogP contribution in [-0.4, -0.2) is 25.0 Å². The van der Waals surface area contributed by atoms with E-state index in [0.29, 0.717) is 27.8 Å². The molecule has 4 nitrogen and oxygen atoms in total. The van der Waals surface area contributed by atoms with Crippen molar-refractivity contribution in [3.05, 3.63) is 70.9 Å². The Labute approximate surface area is 150 Å². The van der Waals surface area contributed by atoms with E-state index in [1.165, 1.54) is 13.2 Å². The number of aromatic nitrogens is 1. The van der Waals surface area contributed by atoms with Gasteiger partial charge in [-0.1, -0.05) is 23.7 Å². The lowest BCUT2D eigenvalue weighted by Crippen LogP contribution is -1.98. The van der Waals surface area contributed by atoms with Crippen molar-refractivity contribution in [3.8, 4) is 11.5 Å². The van der Waals surface area contributed by atoms with Gasteiger partial charge >= 0.3 is 0 Å². The number of hydrogen-bond acceptors (Lipinski definition) is 4. The lowest BCUT2D eigenvalue weighted by atomic mass is 10.1. The first-order chi connectivity index (χ1) is 12.1. The van der Waals surface area contributed by atoms with E-state index in [1.807, 2.05) is 30.3 Å². The van der Waals surface area contributed by atoms with Crippen molar-refractivity contribution in [3.63, 3.8) is 0 Å². The molecule has 0 fully saturated rings. The highest BCUT2D eigenvalue weighted by molar-refractivity contribution is 6.31. The van der Waals surface area contributed by atoms with Crippen LogP contribution >= 0.6 is 11.6 Å². The number of carbonyl (C=O) groups excluding carboxylic acids is 1. The normalized spacial score (nSPS) is 11.0. The number of para-hydroxylation sites is 1. The molecular weight excluding hydrogens is 338 g/mol. The molecule has 25 heavy (non-hydrogen) atoms. The number of methoxy groups -OCH3 is 2. The first-order valence-corrected chi connectivity index (χ1v) is 8.00. The fourth-order valence-corrected chi connectivity index (χ4v) is 2.70. The second kappa shape index (κ2) is 7.36. The highest BCUT2D eigenvalue weighted by Crippen LogP contribution is 2.25. The number of carbonyl (C=O) groups is 1. The topological polar surface area (TPSA) is 48.4 Å². The maximum Gasteiger partial charge on any atom is 0.189 e. The first-order valence-electron chi connectivity index (χ1n) is 7.62. The van der Waals surface area contributed by atoms with Crippen LogP contribution < -0.4 is 9.47 Å². The molecule has 0 amide bonds. The highest BCUT2D eigenvalue weighted by Gasteiger charge is 2.09. The summed E-state index contributed by atoms with van der Waals surface area (Å²) in [4.78, 5) is 16.8. The van der Waals surface area contributed by atoms with Gasteiger partial charge in [0.25, 0.3) is 0 Å². The lowest BCUT2D eigenvalue weighted by molar-refractivity contribution is 0.104. The van der Waals surface area contributed by atoms with Gasteiger partial charge in [0.15, 0.2) is 5.78 Å². The molecule has 0 N–H and O–H groups in total. The van der Waals surface area contributed by atoms with Crippen molar-refractivity contribution >= 4 is 34.4 Å². The summed E-state index contributed by atoms with van der Waals surface area (Å²) >= 11 is 6.25. The second-order valence-corrected chi connectivity index (χ2v) is 5.68. The third-order valence-electron chi connectivity index (χ3n) is 3.79. The molecule has 3 rings (SSSR count). The molecule has 1 aromatic heterocycles. The molecular formula is C20H16ClNO3. The van der Waals surface area contributed by atoms with Gasteiger partial charge in [-0.05, 0) is 42.5 Å². The minimum absolute atomic E-state index is 0.164. The van der Waals surface area contributed by atoms with Gasteiger partial charge in [-0.2, -0.15) is 0 Å². The summed E-state index contributed by atoms with van der Waals surface area (Å²) in [7, 11) is 3.14. The molecule has 0 aliphatic carbocycles. The van der Waals surface area contributed by atoms with Crippen LogP contribution in [0, 0.1) is 0 Å². The zero-order valence-corrected chi connectivity index (χ0v) is 14.6. The minimum Gasteiger partial charge on any atom is -0.497 e. The Morgan fingerprint density at radius 1 is 1.08 bits per heavy atom. The van der Waals surface area contributed by atoms with Gasteiger partial charge in [0.05, 0.1) is 25.3 Å². The largest absolute Gasteiger partial charge is 0.497 e. The molecule has 5 heteroatoms. The van der Waals surface area contributed by atoms with E-state index in [0.717, 1.165) is 10.9 Å². The Kier molecular flexibility index (Phi) is 5.00. The van der Waals surface area contributed by atoms with Crippen molar-refractivity contribution < 1.29 is 14.3 Å². The number of fused-ring (bicyclic) bond motifs is 1. The zero-order valence-electron chi connectivity index (χ0n) is 13.8. The molecule has 0 unspecified atom stereocenters.